The van der Waals surface area contributed by atoms with E-state index in [0.29, 0.717) is 46.6 Å². The molecular formula is C23H20N6O2. The second-order valence-electron chi connectivity index (χ2n) is 6.70. The van der Waals surface area contributed by atoms with Crippen LogP contribution in [0.1, 0.15) is 11.1 Å². The average molecular weight is 412 g/mol. The summed E-state index contributed by atoms with van der Waals surface area (Å²) in [5.74, 6) is 1.43. The molecule has 0 spiro atoms. The van der Waals surface area contributed by atoms with Crippen LogP contribution < -0.4 is 15.2 Å². The van der Waals surface area contributed by atoms with E-state index >= 15 is 0 Å². The van der Waals surface area contributed by atoms with E-state index in [1.54, 1.807) is 49.3 Å². The number of benzene rings is 1. The Hall–Kier alpha value is -4.22. The second-order valence-corrected chi connectivity index (χ2v) is 6.70. The molecule has 0 aliphatic carbocycles. The van der Waals surface area contributed by atoms with Gasteiger partial charge in [-0.1, -0.05) is 12.1 Å². The van der Waals surface area contributed by atoms with E-state index in [1.165, 1.54) is 0 Å². The zero-order valence-corrected chi connectivity index (χ0v) is 17.1. The summed E-state index contributed by atoms with van der Waals surface area (Å²) in [5.41, 5.74) is 9.80. The van der Waals surface area contributed by atoms with Crippen molar-refractivity contribution in [3.8, 4) is 46.2 Å². The Morgan fingerprint density at radius 2 is 1.94 bits per heavy atom. The summed E-state index contributed by atoms with van der Waals surface area (Å²) in [7, 11) is 3.34. The van der Waals surface area contributed by atoms with Crippen LogP contribution in [0.2, 0.25) is 0 Å². The van der Waals surface area contributed by atoms with E-state index in [9.17, 15) is 5.26 Å². The maximum Gasteiger partial charge on any atom is 0.218 e. The SMILES string of the molecule is COc1nc(-c2ccc(C#N)cc2Oc2cc(-c3ccccn3)nn2C)ccc1CN. The molecule has 0 atom stereocenters. The van der Waals surface area contributed by atoms with Gasteiger partial charge in [0.1, 0.15) is 11.4 Å². The third-order valence-electron chi connectivity index (χ3n) is 4.72. The molecule has 8 heteroatoms. The molecule has 0 saturated heterocycles. The number of ether oxygens (including phenoxy) is 2. The molecule has 31 heavy (non-hydrogen) atoms. The Morgan fingerprint density at radius 3 is 2.65 bits per heavy atom. The van der Waals surface area contributed by atoms with Gasteiger partial charge in [0, 0.05) is 37.0 Å². The zero-order valence-electron chi connectivity index (χ0n) is 17.1. The second kappa shape index (κ2) is 8.65. The zero-order chi connectivity index (χ0) is 21.8. The largest absolute Gasteiger partial charge is 0.481 e. The van der Waals surface area contributed by atoms with E-state index in [0.717, 1.165) is 11.3 Å². The maximum atomic E-state index is 9.37. The number of nitrogens with two attached hydrogens (primary N) is 1. The van der Waals surface area contributed by atoms with Gasteiger partial charge in [-0.05, 0) is 36.4 Å². The highest BCUT2D eigenvalue weighted by molar-refractivity contribution is 5.70. The van der Waals surface area contributed by atoms with Crippen molar-refractivity contribution in [2.24, 2.45) is 12.8 Å². The number of rotatable bonds is 6. The van der Waals surface area contributed by atoms with Crippen LogP contribution in [0.15, 0.2) is 60.8 Å². The molecule has 0 fully saturated rings. The van der Waals surface area contributed by atoms with Crippen molar-refractivity contribution in [3.05, 3.63) is 71.9 Å². The summed E-state index contributed by atoms with van der Waals surface area (Å²) in [5, 5.41) is 13.9. The van der Waals surface area contributed by atoms with Crippen LogP contribution in [-0.2, 0) is 13.6 Å². The summed E-state index contributed by atoms with van der Waals surface area (Å²) in [6, 6.07) is 18.5. The molecule has 2 N–H and O–H groups in total. The van der Waals surface area contributed by atoms with E-state index < -0.39 is 0 Å². The number of nitrogens with zero attached hydrogens (tertiary/aromatic N) is 5. The molecule has 0 aliphatic rings. The van der Waals surface area contributed by atoms with E-state index in [-0.39, 0.29) is 0 Å². The molecule has 0 unspecified atom stereocenters. The molecule has 4 rings (SSSR count). The van der Waals surface area contributed by atoms with Crippen LogP contribution >= 0.6 is 0 Å². The lowest BCUT2D eigenvalue weighted by Gasteiger charge is -2.13. The van der Waals surface area contributed by atoms with Crippen molar-refractivity contribution < 1.29 is 9.47 Å². The Bertz CT molecular complexity index is 1260. The Balaban J connectivity index is 1.76. The van der Waals surface area contributed by atoms with Crippen LogP contribution in [0.3, 0.4) is 0 Å². The third-order valence-corrected chi connectivity index (χ3v) is 4.72. The predicted molar refractivity (Wildman–Crippen MR) is 115 cm³/mol. The van der Waals surface area contributed by atoms with E-state index in [4.69, 9.17) is 15.2 Å². The molecule has 154 valence electrons. The molecule has 0 radical (unpaired) electrons. The summed E-state index contributed by atoms with van der Waals surface area (Å²) >= 11 is 0. The van der Waals surface area contributed by atoms with Gasteiger partial charge >= 0.3 is 0 Å². The standard InChI is InChI=1S/C23H20N6O2/c1-29-22(12-20(28-29)19-5-3-4-10-26-19)31-21-11-15(13-24)6-8-17(21)18-9-7-16(14-25)23(27-18)30-2/h3-12H,14,25H2,1-2H3. The minimum Gasteiger partial charge on any atom is -0.481 e. The minimum atomic E-state index is 0.318. The van der Waals surface area contributed by atoms with Crippen LogP contribution in [0.4, 0.5) is 0 Å². The van der Waals surface area contributed by atoms with Crippen LogP contribution in [0.25, 0.3) is 22.6 Å². The number of aryl methyl sites for hydroxylation is 1. The fourth-order valence-corrected chi connectivity index (χ4v) is 3.14. The quantitative estimate of drug-likeness (QED) is 0.514. The number of methoxy groups -OCH3 is 1. The van der Waals surface area contributed by atoms with Gasteiger partial charge in [0.15, 0.2) is 0 Å². The highest BCUT2D eigenvalue weighted by Crippen LogP contribution is 2.35. The molecule has 0 bridgehead atoms. The molecule has 0 amide bonds. The number of pyridine rings is 2. The van der Waals surface area contributed by atoms with Gasteiger partial charge in [0.05, 0.1) is 30.1 Å². The fourth-order valence-electron chi connectivity index (χ4n) is 3.14. The van der Waals surface area contributed by atoms with Gasteiger partial charge < -0.3 is 15.2 Å². The first kappa shape index (κ1) is 20.1. The molecule has 3 heterocycles. The molecule has 3 aromatic heterocycles. The maximum absolute atomic E-state index is 9.37. The molecular weight excluding hydrogens is 392 g/mol. The van der Waals surface area contributed by atoms with Crippen LogP contribution in [0.5, 0.6) is 17.5 Å². The van der Waals surface area contributed by atoms with Crippen LogP contribution in [-0.4, -0.2) is 26.9 Å². The third kappa shape index (κ3) is 4.08. The molecule has 0 aliphatic heterocycles. The van der Waals surface area contributed by atoms with Crippen molar-refractivity contribution in [1.29, 1.82) is 5.26 Å². The van der Waals surface area contributed by atoms with Crippen molar-refractivity contribution in [2.75, 3.05) is 7.11 Å². The van der Waals surface area contributed by atoms with Gasteiger partial charge in [0.25, 0.3) is 0 Å². The molecule has 1 aromatic carbocycles. The number of hydrogen-bond donors (Lipinski definition) is 1. The summed E-state index contributed by atoms with van der Waals surface area (Å²) in [6.45, 7) is 0.318. The lowest BCUT2D eigenvalue weighted by atomic mass is 10.1. The monoisotopic (exact) mass is 412 g/mol. The average Bonchev–Trinajstić information content (AvgIpc) is 3.19. The molecule has 0 saturated carbocycles. The molecule has 4 aromatic rings. The lowest BCUT2D eigenvalue weighted by molar-refractivity contribution is 0.393. The first-order valence-electron chi connectivity index (χ1n) is 9.54. The predicted octanol–water partition coefficient (Wildman–Crippen LogP) is 3.68. The molecule has 8 nitrogen and oxygen atoms in total. The summed E-state index contributed by atoms with van der Waals surface area (Å²) < 4.78 is 13.2. The highest BCUT2D eigenvalue weighted by Gasteiger charge is 2.16. The number of nitriles is 1. The summed E-state index contributed by atoms with van der Waals surface area (Å²) in [4.78, 5) is 8.90. The van der Waals surface area contributed by atoms with Crippen molar-refractivity contribution >= 4 is 0 Å². The van der Waals surface area contributed by atoms with Gasteiger partial charge in [-0.15, -0.1) is 0 Å². The Morgan fingerprint density at radius 1 is 1.06 bits per heavy atom. The van der Waals surface area contributed by atoms with Crippen molar-refractivity contribution in [1.82, 2.24) is 19.7 Å². The van der Waals surface area contributed by atoms with Crippen LogP contribution in [0, 0.1) is 11.3 Å². The van der Waals surface area contributed by atoms with Gasteiger partial charge in [0.2, 0.25) is 11.8 Å². The first-order valence-corrected chi connectivity index (χ1v) is 9.54. The number of aromatic nitrogens is 4. The smallest absolute Gasteiger partial charge is 0.218 e. The topological polar surface area (TPSA) is 112 Å². The Kier molecular flexibility index (Phi) is 5.60. The lowest BCUT2D eigenvalue weighted by Crippen LogP contribution is -2.03. The van der Waals surface area contributed by atoms with Crippen molar-refractivity contribution in [2.45, 2.75) is 6.54 Å². The van der Waals surface area contributed by atoms with E-state index in [1.807, 2.05) is 30.3 Å². The fraction of sp³-hybridized carbons (Fsp3) is 0.130. The minimum absolute atomic E-state index is 0.318. The van der Waals surface area contributed by atoms with Gasteiger partial charge in [-0.3, -0.25) is 4.98 Å². The summed E-state index contributed by atoms with van der Waals surface area (Å²) in [6.07, 6.45) is 1.71. The van der Waals surface area contributed by atoms with Gasteiger partial charge in [-0.2, -0.15) is 10.4 Å². The normalized spacial score (nSPS) is 10.5. The number of hydrogen-bond acceptors (Lipinski definition) is 7. The van der Waals surface area contributed by atoms with E-state index in [2.05, 4.69) is 21.1 Å². The Labute approximate surface area is 179 Å². The van der Waals surface area contributed by atoms with Crippen molar-refractivity contribution in [3.63, 3.8) is 0 Å². The highest BCUT2D eigenvalue weighted by atomic mass is 16.5. The first-order chi connectivity index (χ1) is 15.1. The van der Waals surface area contributed by atoms with Gasteiger partial charge in [-0.25, -0.2) is 9.67 Å².